The SMILES string of the molecule is CCCCC(CC)OC(=O)OC1CCCN1. The van der Waals surface area contributed by atoms with Crippen molar-refractivity contribution < 1.29 is 14.3 Å². The number of hydrogen-bond donors (Lipinski definition) is 1. The molecule has 1 aliphatic rings. The van der Waals surface area contributed by atoms with Crippen molar-refractivity contribution in [3.8, 4) is 0 Å². The minimum atomic E-state index is -0.526. The third-order valence-electron chi connectivity index (χ3n) is 2.85. The Morgan fingerprint density at radius 1 is 1.50 bits per heavy atom. The number of nitrogens with one attached hydrogen (secondary N) is 1. The highest BCUT2D eigenvalue weighted by Gasteiger charge is 2.21. The maximum atomic E-state index is 11.4. The van der Waals surface area contributed by atoms with Crippen LogP contribution in [0.3, 0.4) is 0 Å². The lowest BCUT2D eigenvalue weighted by Crippen LogP contribution is -2.29. The van der Waals surface area contributed by atoms with Crippen LogP contribution in [0.4, 0.5) is 4.79 Å². The molecule has 94 valence electrons. The second kappa shape index (κ2) is 7.49. The smallest absolute Gasteiger partial charge is 0.431 e. The first-order chi connectivity index (χ1) is 7.76. The van der Waals surface area contributed by atoms with Crippen LogP contribution in [0.25, 0.3) is 0 Å². The number of carbonyl (C=O) groups excluding carboxylic acids is 1. The number of ether oxygens (including phenoxy) is 2. The number of unbranched alkanes of at least 4 members (excludes halogenated alkanes) is 1. The summed E-state index contributed by atoms with van der Waals surface area (Å²) in [5.41, 5.74) is 0. The quantitative estimate of drug-likeness (QED) is 0.711. The summed E-state index contributed by atoms with van der Waals surface area (Å²) < 4.78 is 10.4. The zero-order chi connectivity index (χ0) is 11.8. The minimum Gasteiger partial charge on any atom is -0.431 e. The monoisotopic (exact) mass is 229 g/mol. The molecule has 0 amide bonds. The molecule has 0 aromatic rings. The molecule has 0 aromatic heterocycles. The van der Waals surface area contributed by atoms with E-state index in [-0.39, 0.29) is 12.3 Å². The van der Waals surface area contributed by atoms with Gasteiger partial charge >= 0.3 is 6.16 Å². The van der Waals surface area contributed by atoms with Gasteiger partial charge in [-0.2, -0.15) is 0 Å². The van der Waals surface area contributed by atoms with Gasteiger partial charge in [-0.15, -0.1) is 0 Å². The van der Waals surface area contributed by atoms with Crippen LogP contribution in [0, 0.1) is 0 Å². The van der Waals surface area contributed by atoms with Crippen LogP contribution in [0.2, 0.25) is 0 Å². The third-order valence-corrected chi connectivity index (χ3v) is 2.85. The normalized spacial score (nSPS) is 21.8. The summed E-state index contributed by atoms with van der Waals surface area (Å²) in [5.74, 6) is 0. The topological polar surface area (TPSA) is 47.6 Å². The second-order valence-corrected chi connectivity index (χ2v) is 4.24. The van der Waals surface area contributed by atoms with Crippen molar-refractivity contribution in [2.24, 2.45) is 0 Å². The van der Waals surface area contributed by atoms with Gasteiger partial charge in [0.2, 0.25) is 0 Å². The molecule has 1 rings (SSSR count). The molecule has 4 heteroatoms. The zero-order valence-electron chi connectivity index (χ0n) is 10.3. The molecule has 1 saturated heterocycles. The molecular weight excluding hydrogens is 206 g/mol. The summed E-state index contributed by atoms with van der Waals surface area (Å²) >= 11 is 0. The average molecular weight is 229 g/mol. The molecule has 0 radical (unpaired) electrons. The fourth-order valence-corrected chi connectivity index (χ4v) is 1.81. The number of carbonyl (C=O) groups is 1. The highest BCUT2D eigenvalue weighted by molar-refractivity contribution is 5.60. The summed E-state index contributed by atoms with van der Waals surface area (Å²) in [6, 6.07) is 0. The second-order valence-electron chi connectivity index (χ2n) is 4.24. The Labute approximate surface area is 97.7 Å². The van der Waals surface area contributed by atoms with E-state index in [0.29, 0.717) is 0 Å². The van der Waals surface area contributed by atoms with Gasteiger partial charge in [0.25, 0.3) is 0 Å². The van der Waals surface area contributed by atoms with Crippen molar-refractivity contribution in [2.45, 2.75) is 64.7 Å². The van der Waals surface area contributed by atoms with Crippen molar-refractivity contribution in [3.63, 3.8) is 0 Å². The fraction of sp³-hybridized carbons (Fsp3) is 0.917. The van der Waals surface area contributed by atoms with Crippen molar-refractivity contribution in [2.75, 3.05) is 6.54 Å². The molecule has 16 heavy (non-hydrogen) atoms. The van der Waals surface area contributed by atoms with Gasteiger partial charge in [0, 0.05) is 0 Å². The Balaban J connectivity index is 2.19. The summed E-state index contributed by atoms with van der Waals surface area (Å²) in [6.07, 6.45) is 5.29. The van der Waals surface area contributed by atoms with Crippen LogP contribution in [0.5, 0.6) is 0 Å². The van der Waals surface area contributed by atoms with Crippen molar-refractivity contribution in [3.05, 3.63) is 0 Å². The van der Waals surface area contributed by atoms with Crippen LogP contribution in [0.1, 0.15) is 52.4 Å². The molecule has 2 unspecified atom stereocenters. The van der Waals surface area contributed by atoms with Crippen molar-refractivity contribution >= 4 is 6.16 Å². The summed E-state index contributed by atoms with van der Waals surface area (Å²) in [7, 11) is 0. The molecule has 0 bridgehead atoms. The van der Waals surface area contributed by atoms with E-state index in [4.69, 9.17) is 9.47 Å². The Hall–Kier alpha value is -0.770. The van der Waals surface area contributed by atoms with Crippen LogP contribution in [-0.2, 0) is 9.47 Å². The van der Waals surface area contributed by atoms with E-state index >= 15 is 0 Å². The first kappa shape index (κ1) is 13.3. The van der Waals surface area contributed by atoms with Crippen LogP contribution < -0.4 is 5.32 Å². The van der Waals surface area contributed by atoms with E-state index in [1.54, 1.807) is 0 Å². The van der Waals surface area contributed by atoms with E-state index in [1.807, 2.05) is 6.92 Å². The third kappa shape index (κ3) is 4.84. The Bertz CT molecular complexity index is 202. The van der Waals surface area contributed by atoms with Gasteiger partial charge in [-0.25, -0.2) is 4.79 Å². The lowest BCUT2D eigenvalue weighted by Gasteiger charge is -2.17. The molecule has 0 spiro atoms. The van der Waals surface area contributed by atoms with E-state index < -0.39 is 6.16 Å². The van der Waals surface area contributed by atoms with Crippen molar-refractivity contribution in [1.29, 1.82) is 0 Å². The predicted molar refractivity (Wildman–Crippen MR) is 62.2 cm³/mol. The molecule has 4 nitrogen and oxygen atoms in total. The predicted octanol–water partition coefficient (Wildman–Crippen LogP) is 2.82. The molecular formula is C12H23NO3. The maximum absolute atomic E-state index is 11.4. The molecule has 0 aliphatic carbocycles. The van der Waals surface area contributed by atoms with Crippen LogP contribution in [-0.4, -0.2) is 25.0 Å². The van der Waals surface area contributed by atoms with Crippen LogP contribution >= 0.6 is 0 Å². The summed E-state index contributed by atoms with van der Waals surface area (Å²) in [4.78, 5) is 11.4. The van der Waals surface area contributed by atoms with Gasteiger partial charge in [-0.1, -0.05) is 26.7 Å². The standard InChI is InChI=1S/C12H23NO3/c1-3-5-7-10(4-2)15-12(14)16-11-8-6-9-13-11/h10-11,13H,3-9H2,1-2H3. The first-order valence-corrected chi connectivity index (χ1v) is 6.36. The first-order valence-electron chi connectivity index (χ1n) is 6.36. The van der Waals surface area contributed by atoms with Gasteiger partial charge < -0.3 is 9.47 Å². The highest BCUT2D eigenvalue weighted by Crippen LogP contribution is 2.12. The van der Waals surface area contributed by atoms with E-state index in [9.17, 15) is 4.79 Å². The summed E-state index contributed by atoms with van der Waals surface area (Å²) in [5, 5.41) is 3.10. The van der Waals surface area contributed by atoms with E-state index in [1.165, 1.54) is 0 Å². The Kier molecular flexibility index (Phi) is 6.23. The zero-order valence-corrected chi connectivity index (χ0v) is 10.3. The minimum absolute atomic E-state index is 0.00820. The molecule has 2 atom stereocenters. The Morgan fingerprint density at radius 2 is 2.31 bits per heavy atom. The molecule has 0 aromatic carbocycles. The van der Waals surface area contributed by atoms with Gasteiger partial charge in [-0.3, -0.25) is 5.32 Å². The van der Waals surface area contributed by atoms with Crippen molar-refractivity contribution in [1.82, 2.24) is 5.32 Å². The molecule has 1 N–H and O–H groups in total. The summed E-state index contributed by atoms with van der Waals surface area (Å²) in [6.45, 7) is 5.08. The lowest BCUT2D eigenvalue weighted by molar-refractivity contribution is -0.00869. The molecule has 1 aliphatic heterocycles. The number of hydrogen-bond acceptors (Lipinski definition) is 4. The largest absolute Gasteiger partial charge is 0.510 e. The Morgan fingerprint density at radius 3 is 2.88 bits per heavy atom. The molecule has 1 heterocycles. The van der Waals surface area contributed by atoms with Gasteiger partial charge in [0.15, 0.2) is 6.23 Å². The van der Waals surface area contributed by atoms with Gasteiger partial charge in [-0.05, 0) is 32.2 Å². The maximum Gasteiger partial charge on any atom is 0.510 e. The lowest BCUT2D eigenvalue weighted by atomic mass is 10.1. The van der Waals surface area contributed by atoms with Gasteiger partial charge in [0.1, 0.15) is 6.10 Å². The molecule has 0 saturated carbocycles. The number of rotatable bonds is 6. The van der Waals surface area contributed by atoms with E-state index in [2.05, 4.69) is 12.2 Å². The van der Waals surface area contributed by atoms with Crippen LogP contribution in [0.15, 0.2) is 0 Å². The highest BCUT2D eigenvalue weighted by atomic mass is 16.7. The average Bonchev–Trinajstić information content (AvgIpc) is 2.76. The van der Waals surface area contributed by atoms with Gasteiger partial charge in [0.05, 0.1) is 0 Å². The van der Waals surface area contributed by atoms with E-state index in [0.717, 1.165) is 45.1 Å². The molecule has 1 fully saturated rings. The fourth-order valence-electron chi connectivity index (χ4n) is 1.81.